The first kappa shape index (κ1) is 20.0. The Morgan fingerprint density at radius 1 is 1.19 bits per heavy atom. The smallest absolute Gasteiger partial charge is 0.323 e. The molecule has 1 aliphatic carbocycles. The maximum atomic E-state index is 12.7. The second-order valence-electron chi connectivity index (χ2n) is 8.41. The fourth-order valence-electron chi connectivity index (χ4n) is 4.94. The highest BCUT2D eigenvalue weighted by Crippen LogP contribution is 2.40. The Morgan fingerprint density at radius 3 is 2.87 bits per heavy atom. The topological polar surface area (TPSA) is 76.1 Å². The Labute approximate surface area is 181 Å². The van der Waals surface area contributed by atoms with Gasteiger partial charge in [0.1, 0.15) is 18.4 Å². The lowest BCUT2D eigenvalue weighted by molar-refractivity contribution is -0.145. The first-order valence-electron chi connectivity index (χ1n) is 10.7. The molecule has 160 valence electrons. The second kappa shape index (κ2) is 7.94. The standard InChI is InChI=1S/C25H25NO5/c1-30-25(29)21-12-18(27)13-26(21)9-8-15-6-7-20-17(10-15)14-31-24(20)23-19-5-3-2-4-16(19)11-22(23)28/h2-7,10,18,21,27H,8-9,11-14H2,1H3/b24-23+. The lowest BCUT2D eigenvalue weighted by Crippen LogP contribution is -2.38. The SMILES string of the molecule is COC(=O)C1CC(O)CN1CCc1ccc2c(c1)CO/C2=C1/C(=O)Cc2ccccc21. The van der Waals surface area contributed by atoms with Crippen LogP contribution in [0.5, 0.6) is 0 Å². The average Bonchev–Trinajstić information content (AvgIpc) is 3.45. The van der Waals surface area contributed by atoms with Crippen LogP contribution >= 0.6 is 0 Å². The minimum absolute atomic E-state index is 0.106. The quantitative estimate of drug-likeness (QED) is 0.606. The number of aliphatic hydroxyl groups is 1. The fourth-order valence-corrected chi connectivity index (χ4v) is 4.94. The van der Waals surface area contributed by atoms with E-state index in [4.69, 9.17) is 9.47 Å². The first-order chi connectivity index (χ1) is 15.0. The van der Waals surface area contributed by atoms with Crippen LogP contribution in [-0.2, 0) is 38.5 Å². The van der Waals surface area contributed by atoms with E-state index in [2.05, 4.69) is 12.1 Å². The van der Waals surface area contributed by atoms with Gasteiger partial charge in [0.2, 0.25) is 0 Å². The minimum Gasteiger partial charge on any atom is -0.487 e. The van der Waals surface area contributed by atoms with E-state index in [9.17, 15) is 14.7 Å². The number of rotatable bonds is 4. The monoisotopic (exact) mass is 419 g/mol. The van der Waals surface area contributed by atoms with E-state index in [0.29, 0.717) is 43.9 Å². The number of benzene rings is 2. The average molecular weight is 419 g/mol. The Bertz CT molecular complexity index is 1090. The highest BCUT2D eigenvalue weighted by atomic mass is 16.5. The molecule has 0 bridgehead atoms. The third kappa shape index (κ3) is 3.56. The third-order valence-electron chi connectivity index (χ3n) is 6.47. The number of aliphatic hydroxyl groups excluding tert-OH is 1. The number of ketones is 1. The van der Waals surface area contributed by atoms with Crippen molar-refractivity contribution < 1.29 is 24.2 Å². The van der Waals surface area contributed by atoms with Crippen LogP contribution in [0, 0.1) is 0 Å². The van der Waals surface area contributed by atoms with Crippen LogP contribution in [0.3, 0.4) is 0 Å². The lowest BCUT2D eigenvalue weighted by Gasteiger charge is -2.21. The summed E-state index contributed by atoms with van der Waals surface area (Å²) >= 11 is 0. The number of hydrogen-bond acceptors (Lipinski definition) is 6. The molecule has 31 heavy (non-hydrogen) atoms. The number of carbonyl (C=O) groups is 2. The van der Waals surface area contributed by atoms with Crippen LogP contribution in [0.4, 0.5) is 0 Å². The van der Waals surface area contributed by atoms with Gasteiger partial charge in [-0.15, -0.1) is 0 Å². The maximum Gasteiger partial charge on any atom is 0.323 e. The molecule has 0 radical (unpaired) electrons. The third-order valence-corrected chi connectivity index (χ3v) is 6.47. The number of nitrogens with zero attached hydrogens (tertiary/aromatic N) is 1. The van der Waals surface area contributed by atoms with Crippen molar-refractivity contribution in [1.29, 1.82) is 0 Å². The molecule has 5 rings (SSSR count). The summed E-state index contributed by atoms with van der Waals surface area (Å²) in [6.07, 6.45) is 1.09. The molecule has 6 heteroatoms. The van der Waals surface area contributed by atoms with E-state index in [1.54, 1.807) is 0 Å². The minimum atomic E-state index is -0.501. The summed E-state index contributed by atoms with van der Waals surface area (Å²) in [4.78, 5) is 26.7. The first-order valence-corrected chi connectivity index (χ1v) is 10.7. The van der Waals surface area contributed by atoms with E-state index in [1.807, 2.05) is 35.2 Å². The van der Waals surface area contributed by atoms with Crippen molar-refractivity contribution in [3.05, 3.63) is 70.3 Å². The molecule has 1 saturated heterocycles. The number of allylic oxidation sites excluding steroid dienone is 1. The normalized spacial score (nSPS) is 24.8. The molecule has 2 aromatic carbocycles. The van der Waals surface area contributed by atoms with Crippen LogP contribution in [0.1, 0.15) is 34.2 Å². The number of esters is 1. The molecule has 6 nitrogen and oxygen atoms in total. The van der Waals surface area contributed by atoms with Crippen LogP contribution in [0.2, 0.25) is 0 Å². The van der Waals surface area contributed by atoms with Gasteiger partial charge in [-0.25, -0.2) is 0 Å². The highest BCUT2D eigenvalue weighted by Gasteiger charge is 2.36. The predicted molar refractivity (Wildman–Crippen MR) is 115 cm³/mol. The number of carbonyl (C=O) groups excluding carboxylic acids is 2. The molecule has 3 aliphatic rings. The van der Waals surface area contributed by atoms with E-state index in [1.165, 1.54) is 7.11 Å². The van der Waals surface area contributed by atoms with Crippen molar-refractivity contribution in [1.82, 2.24) is 4.90 Å². The highest BCUT2D eigenvalue weighted by molar-refractivity contribution is 6.31. The van der Waals surface area contributed by atoms with E-state index in [0.717, 1.165) is 34.2 Å². The molecule has 0 spiro atoms. The summed E-state index contributed by atoms with van der Waals surface area (Å²) in [6, 6.07) is 13.7. The number of fused-ring (bicyclic) bond motifs is 2. The number of methoxy groups -OCH3 is 1. The molecule has 2 unspecified atom stereocenters. The summed E-state index contributed by atoms with van der Waals surface area (Å²) < 4.78 is 10.9. The molecule has 1 N–H and O–H groups in total. The van der Waals surface area contributed by atoms with Gasteiger partial charge >= 0.3 is 5.97 Å². The van der Waals surface area contributed by atoms with Crippen LogP contribution in [-0.4, -0.2) is 54.1 Å². The Hall–Kier alpha value is -2.96. The molecule has 2 atom stereocenters. The molecule has 0 saturated carbocycles. The summed E-state index contributed by atoms with van der Waals surface area (Å²) in [5.74, 6) is 0.496. The summed E-state index contributed by atoms with van der Waals surface area (Å²) in [5.41, 5.74) is 5.90. The van der Waals surface area contributed by atoms with E-state index >= 15 is 0 Å². The molecule has 2 aromatic rings. The van der Waals surface area contributed by atoms with Gasteiger partial charge in [-0.3, -0.25) is 14.5 Å². The fraction of sp³-hybridized carbons (Fsp3) is 0.360. The van der Waals surface area contributed by atoms with Crippen molar-refractivity contribution in [3.63, 3.8) is 0 Å². The number of hydrogen-bond donors (Lipinski definition) is 1. The van der Waals surface area contributed by atoms with Crippen molar-refractivity contribution in [2.45, 2.75) is 38.0 Å². The predicted octanol–water partition coefficient (Wildman–Crippen LogP) is 2.36. The molecule has 1 fully saturated rings. The number of ether oxygens (including phenoxy) is 2. The van der Waals surface area contributed by atoms with Gasteiger partial charge in [0.05, 0.1) is 18.8 Å². The zero-order valence-electron chi connectivity index (χ0n) is 17.5. The molecular formula is C25H25NO5. The van der Waals surface area contributed by atoms with Gasteiger partial charge < -0.3 is 14.6 Å². The maximum absolute atomic E-state index is 12.7. The molecule has 0 amide bonds. The van der Waals surface area contributed by atoms with E-state index in [-0.39, 0.29) is 17.8 Å². The molecule has 2 aliphatic heterocycles. The van der Waals surface area contributed by atoms with Crippen molar-refractivity contribution in [2.24, 2.45) is 0 Å². The van der Waals surface area contributed by atoms with Gasteiger partial charge in [-0.05, 0) is 23.1 Å². The number of likely N-dealkylation sites (tertiary alicyclic amines) is 1. The van der Waals surface area contributed by atoms with E-state index < -0.39 is 6.10 Å². The Balaban J connectivity index is 1.36. The largest absolute Gasteiger partial charge is 0.487 e. The Kier molecular flexibility index (Phi) is 5.12. The van der Waals surface area contributed by atoms with Gasteiger partial charge in [-0.1, -0.05) is 42.5 Å². The van der Waals surface area contributed by atoms with Crippen LogP contribution in [0.15, 0.2) is 42.5 Å². The van der Waals surface area contributed by atoms with Crippen molar-refractivity contribution in [3.8, 4) is 0 Å². The van der Waals surface area contributed by atoms with Gasteiger partial charge in [0.15, 0.2) is 5.78 Å². The zero-order chi connectivity index (χ0) is 21.5. The zero-order valence-corrected chi connectivity index (χ0v) is 17.5. The van der Waals surface area contributed by atoms with Gasteiger partial charge in [0.25, 0.3) is 0 Å². The molecular weight excluding hydrogens is 394 g/mol. The second-order valence-corrected chi connectivity index (χ2v) is 8.41. The lowest BCUT2D eigenvalue weighted by atomic mass is 9.98. The van der Waals surface area contributed by atoms with Crippen molar-refractivity contribution >= 4 is 23.1 Å². The summed E-state index contributed by atoms with van der Waals surface area (Å²) in [6.45, 7) is 1.59. The summed E-state index contributed by atoms with van der Waals surface area (Å²) in [5, 5.41) is 9.96. The molecule has 0 aromatic heterocycles. The van der Waals surface area contributed by atoms with Crippen LogP contribution < -0.4 is 0 Å². The van der Waals surface area contributed by atoms with Crippen LogP contribution in [0.25, 0.3) is 11.3 Å². The number of β-amino-alcohol motifs (C(OH)–C–C–N with tert-alkyl or cyclic N) is 1. The molecule has 2 heterocycles. The summed E-state index contributed by atoms with van der Waals surface area (Å²) in [7, 11) is 1.38. The van der Waals surface area contributed by atoms with Gasteiger partial charge in [0, 0.05) is 37.1 Å². The Morgan fingerprint density at radius 2 is 2.03 bits per heavy atom. The number of Topliss-reactive ketones (excluding diaryl/α,β-unsaturated/α-hetero) is 1. The van der Waals surface area contributed by atoms with Gasteiger partial charge in [-0.2, -0.15) is 0 Å². The van der Waals surface area contributed by atoms with Crippen molar-refractivity contribution in [2.75, 3.05) is 20.2 Å².